The standard InChI is InChI=1S/C22H32N2O5S/c1-30(26,27)23-20-7-3-11-24-21(20)15-29-19-10-9-17(14-19)16-5-2-6-18(13-16)28-12-4-8-22(24)25/h2,5-6,13,17,19-21,23H,3-4,7-12,14-15H2,1H3/t17?,19?,20-,21-/m0/s1. The first-order valence-electron chi connectivity index (χ1n) is 11.0. The van der Waals surface area contributed by atoms with E-state index in [9.17, 15) is 13.2 Å². The predicted molar refractivity (Wildman–Crippen MR) is 114 cm³/mol. The third-order valence-corrected chi connectivity index (χ3v) is 7.22. The lowest BCUT2D eigenvalue weighted by Gasteiger charge is -2.41. The number of sulfonamides is 1. The van der Waals surface area contributed by atoms with Crippen LogP contribution in [0.25, 0.3) is 0 Å². The van der Waals surface area contributed by atoms with Crippen molar-refractivity contribution in [2.45, 2.75) is 69.1 Å². The number of nitrogens with one attached hydrogen (secondary N) is 1. The summed E-state index contributed by atoms with van der Waals surface area (Å²) >= 11 is 0. The van der Waals surface area contributed by atoms with Gasteiger partial charge < -0.3 is 14.4 Å². The quantitative estimate of drug-likeness (QED) is 0.770. The first kappa shape index (κ1) is 21.6. The second-order valence-corrected chi connectivity index (χ2v) is 10.6. The van der Waals surface area contributed by atoms with Gasteiger partial charge in [0.05, 0.1) is 31.6 Å². The molecule has 2 fully saturated rings. The van der Waals surface area contributed by atoms with E-state index < -0.39 is 10.0 Å². The van der Waals surface area contributed by atoms with Crippen LogP contribution in [0.4, 0.5) is 0 Å². The molecule has 1 saturated heterocycles. The molecule has 1 N–H and O–H groups in total. The predicted octanol–water partition coefficient (Wildman–Crippen LogP) is 2.42. The monoisotopic (exact) mass is 436 g/mol. The Balaban J connectivity index is 1.54. The number of hydrogen-bond acceptors (Lipinski definition) is 5. The van der Waals surface area contributed by atoms with Crippen LogP contribution in [-0.4, -0.2) is 63.4 Å². The summed E-state index contributed by atoms with van der Waals surface area (Å²) in [5, 5.41) is 0. The second-order valence-electron chi connectivity index (χ2n) is 8.78. The highest BCUT2D eigenvalue weighted by molar-refractivity contribution is 7.88. The number of rotatable bonds is 2. The van der Waals surface area contributed by atoms with Crippen LogP contribution in [-0.2, 0) is 19.6 Å². The van der Waals surface area contributed by atoms with E-state index in [4.69, 9.17) is 9.47 Å². The van der Waals surface area contributed by atoms with Crippen LogP contribution in [0, 0.1) is 0 Å². The summed E-state index contributed by atoms with van der Waals surface area (Å²) < 4.78 is 38.7. The molecule has 30 heavy (non-hydrogen) atoms. The molecule has 2 heterocycles. The van der Waals surface area contributed by atoms with Crippen molar-refractivity contribution in [3.63, 3.8) is 0 Å². The summed E-state index contributed by atoms with van der Waals surface area (Å²) in [6, 6.07) is 7.68. The number of nitrogens with zero attached hydrogens (tertiary/aromatic N) is 1. The summed E-state index contributed by atoms with van der Waals surface area (Å²) in [5.41, 5.74) is 1.28. The van der Waals surface area contributed by atoms with Crippen LogP contribution in [0.15, 0.2) is 24.3 Å². The summed E-state index contributed by atoms with van der Waals surface area (Å²) in [7, 11) is -3.36. The van der Waals surface area contributed by atoms with Crippen LogP contribution in [0.5, 0.6) is 5.75 Å². The lowest BCUT2D eigenvalue weighted by molar-refractivity contribution is -0.138. The number of ether oxygens (including phenoxy) is 2. The largest absolute Gasteiger partial charge is 0.494 e. The Labute approximate surface area is 179 Å². The fourth-order valence-electron chi connectivity index (χ4n) is 5.03. The highest BCUT2D eigenvalue weighted by Gasteiger charge is 2.37. The van der Waals surface area contributed by atoms with E-state index in [2.05, 4.69) is 16.9 Å². The van der Waals surface area contributed by atoms with Crippen molar-refractivity contribution in [2.24, 2.45) is 0 Å². The SMILES string of the molecule is CS(=O)(=O)N[C@H]1CCCN2C(=O)CCCOc3cccc(c3)C3CCC(C3)OC[C@@H]12. The lowest BCUT2D eigenvalue weighted by Crippen LogP contribution is -2.59. The molecule has 0 radical (unpaired) electrons. The van der Waals surface area contributed by atoms with Crippen LogP contribution in [0.1, 0.15) is 56.4 Å². The molecule has 1 amide bonds. The van der Waals surface area contributed by atoms with Gasteiger partial charge in [-0.15, -0.1) is 0 Å². The summed E-state index contributed by atoms with van der Waals surface area (Å²) in [6.07, 6.45) is 6.78. The highest BCUT2D eigenvalue weighted by atomic mass is 32.2. The zero-order chi connectivity index (χ0) is 21.1. The summed E-state index contributed by atoms with van der Waals surface area (Å²) in [5.74, 6) is 1.34. The van der Waals surface area contributed by atoms with Crippen molar-refractivity contribution in [2.75, 3.05) is 26.0 Å². The maximum Gasteiger partial charge on any atom is 0.223 e. The van der Waals surface area contributed by atoms with Crippen molar-refractivity contribution >= 4 is 15.9 Å². The molecular weight excluding hydrogens is 404 g/mol. The minimum absolute atomic E-state index is 0.0418. The van der Waals surface area contributed by atoms with Gasteiger partial charge in [-0.3, -0.25) is 4.79 Å². The van der Waals surface area contributed by atoms with Crippen LogP contribution in [0.3, 0.4) is 0 Å². The Morgan fingerprint density at radius 3 is 2.87 bits per heavy atom. The number of hydrogen-bond donors (Lipinski definition) is 1. The van der Waals surface area contributed by atoms with E-state index in [0.29, 0.717) is 44.9 Å². The normalized spacial score (nSPS) is 30.7. The van der Waals surface area contributed by atoms with Gasteiger partial charge in [-0.2, -0.15) is 0 Å². The fourth-order valence-corrected chi connectivity index (χ4v) is 5.85. The van der Waals surface area contributed by atoms with Gasteiger partial charge in [0.1, 0.15) is 5.75 Å². The van der Waals surface area contributed by atoms with Crippen molar-refractivity contribution in [3.05, 3.63) is 29.8 Å². The number of benzene rings is 1. The number of fused-ring (bicyclic) bond motifs is 6. The molecule has 2 unspecified atom stereocenters. The number of piperidine rings is 1. The molecule has 4 bridgehead atoms. The van der Waals surface area contributed by atoms with Gasteiger partial charge in [0.15, 0.2) is 0 Å². The van der Waals surface area contributed by atoms with Gasteiger partial charge in [-0.1, -0.05) is 12.1 Å². The van der Waals surface area contributed by atoms with Gasteiger partial charge in [-0.25, -0.2) is 13.1 Å². The van der Waals surface area contributed by atoms with Crippen molar-refractivity contribution in [1.29, 1.82) is 0 Å². The van der Waals surface area contributed by atoms with Gasteiger partial charge in [0, 0.05) is 19.0 Å². The van der Waals surface area contributed by atoms with Crippen LogP contribution >= 0.6 is 0 Å². The summed E-state index contributed by atoms with van der Waals surface area (Å²) in [6.45, 7) is 1.50. The molecule has 166 valence electrons. The van der Waals surface area contributed by atoms with E-state index in [1.165, 1.54) is 11.8 Å². The Bertz CT molecular complexity index is 859. The van der Waals surface area contributed by atoms with E-state index in [0.717, 1.165) is 31.4 Å². The molecule has 4 atom stereocenters. The zero-order valence-corrected chi connectivity index (χ0v) is 18.4. The van der Waals surface area contributed by atoms with E-state index in [1.54, 1.807) is 0 Å². The molecule has 1 saturated carbocycles. The van der Waals surface area contributed by atoms with Crippen LogP contribution in [0.2, 0.25) is 0 Å². The lowest BCUT2D eigenvalue weighted by atomic mass is 9.96. The highest BCUT2D eigenvalue weighted by Crippen LogP contribution is 2.37. The molecule has 7 nitrogen and oxygen atoms in total. The maximum absolute atomic E-state index is 13.0. The molecule has 4 rings (SSSR count). The molecular formula is C22H32N2O5S. The molecule has 1 aromatic rings. The van der Waals surface area contributed by atoms with E-state index >= 15 is 0 Å². The van der Waals surface area contributed by atoms with Crippen molar-refractivity contribution < 1.29 is 22.7 Å². The third-order valence-electron chi connectivity index (χ3n) is 6.49. The molecule has 1 aliphatic carbocycles. The number of carbonyl (C=O) groups excluding carboxylic acids is 1. The minimum atomic E-state index is -3.36. The minimum Gasteiger partial charge on any atom is -0.494 e. The smallest absolute Gasteiger partial charge is 0.223 e. The zero-order valence-electron chi connectivity index (χ0n) is 17.6. The number of carbonyl (C=O) groups is 1. The van der Waals surface area contributed by atoms with Crippen molar-refractivity contribution in [3.8, 4) is 5.75 Å². The second kappa shape index (κ2) is 9.24. The Kier molecular flexibility index (Phi) is 6.65. The Morgan fingerprint density at radius 2 is 2.03 bits per heavy atom. The third kappa shape index (κ3) is 5.34. The molecule has 3 aliphatic rings. The van der Waals surface area contributed by atoms with E-state index in [1.807, 2.05) is 17.0 Å². The van der Waals surface area contributed by atoms with Crippen molar-refractivity contribution in [1.82, 2.24) is 9.62 Å². The first-order valence-corrected chi connectivity index (χ1v) is 12.9. The van der Waals surface area contributed by atoms with Gasteiger partial charge in [-0.05, 0) is 62.1 Å². The molecule has 2 aliphatic heterocycles. The molecule has 8 heteroatoms. The summed E-state index contributed by atoms with van der Waals surface area (Å²) in [4.78, 5) is 14.8. The Morgan fingerprint density at radius 1 is 1.17 bits per heavy atom. The first-order chi connectivity index (χ1) is 14.4. The number of amides is 1. The topological polar surface area (TPSA) is 84.9 Å². The molecule has 1 aromatic carbocycles. The van der Waals surface area contributed by atoms with Gasteiger partial charge in [0.2, 0.25) is 15.9 Å². The van der Waals surface area contributed by atoms with E-state index in [-0.39, 0.29) is 24.1 Å². The van der Waals surface area contributed by atoms with Crippen LogP contribution < -0.4 is 9.46 Å². The average Bonchev–Trinajstić information content (AvgIpc) is 3.17. The average molecular weight is 437 g/mol. The van der Waals surface area contributed by atoms with Gasteiger partial charge >= 0.3 is 0 Å². The Hall–Kier alpha value is -1.64. The maximum atomic E-state index is 13.0. The molecule has 0 aromatic heterocycles. The fraction of sp³-hybridized carbons (Fsp3) is 0.682. The molecule has 0 spiro atoms. The van der Waals surface area contributed by atoms with Gasteiger partial charge in [0.25, 0.3) is 0 Å².